The van der Waals surface area contributed by atoms with Gasteiger partial charge in [-0.25, -0.2) is 9.38 Å². The smallest absolute Gasteiger partial charge is 0.191 e. The SMILES string of the molecule is CCNC(=NCc1ccc(F)c(C)c1)NCCC1=CCOCC1.I. The molecule has 0 aromatic heterocycles. The van der Waals surface area contributed by atoms with E-state index in [0.29, 0.717) is 12.1 Å². The van der Waals surface area contributed by atoms with Crippen molar-refractivity contribution in [2.45, 2.75) is 33.2 Å². The van der Waals surface area contributed by atoms with E-state index in [-0.39, 0.29) is 29.8 Å². The van der Waals surface area contributed by atoms with Crippen molar-refractivity contribution in [2.24, 2.45) is 4.99 Å². The van der Waals surface area contributed by atoms with Crippen molar-refractivity contribution in [3.05, 3.63) is 46.8 Å². The van der Waals surface area contributed by atoms with E-state index in [9.17, 15) is 4.39 Å². The molecule has 4 nitrogen and oxygen atoms in total. The van der Waals surface area contributed by atoms with E-state index >= 15 is 0 Å². The van der Waals surface area contributed by atoms with Crippen molar-refractivity contribution in [3.8, 4) is 0 Å². The first-order valence-electron chi connectivity index (χ1n) is 8.22. The molecule has 6 heteroatoms. The number of guanidine groups is 1. The molecule has 0 fully saturated rings. The lowest BCUT2D eigenvalue weighted by atomic mass is 10.1. The number of rotatable bonds is 6. The van der Waals surface area contributed by atoms with Crippen molar-refractivity contribution in [3.63, 3.8) is 0 Å². The van der Waals surface area contributed by atoms with Crippen LogP contribution in [0.1, 0.15) is 30.9 Å². The fourth-order valence-corrected chi connectivity index (χ4v) is 2.45. The number of halogens is 2. The third-order valence-electron chi connectivity index (χ3n) is 3.78. The number of hydrogen-bond acceptors (Lipinski definition) is 2. The normalized spacial score (nSPS) is 14.6. The molecule has 24 heavy (non-hydrogen) atoms. The molecule has 2 rings (SSSR count). The van der Waals surface area contributed by atoms with Crippen LogP contribution >= 0.6 is 24.0 Å². The average Bonchev–Trinajstić information content (AvgIpc) is 2.56. The summed E-state index contributed by atoms with van der Waals surface area (Å²) < 4.78 is 18.6. The first-order valence-corrected chi connectivity index (χ1v) is 8.22. The lowest BCUT2D eigenvalue weighted by Crippen LogP contribution is -2.38. The molecule has 134 valence electrons. The van der Waals surface area contributed by atoms with E-state index in [1.807, 2.05) is 13.0 Å². The molecule has 0 saturated carbocycles. The Kier molecular flexibility index (Phi) is 9.94. The minimum Gasteiger partial charge on any atom is -0.377 e. The number of nitrogens with one attached hydrogen (secondary N) is 2. The van der Waals surface area contributed by atoms with Crippen LogP contribution in [0.15, 0.2) is 34.8 Å². The highest BCUT2D eigenvalue weighted by Gasteiger charge is 2.04. The van der Waals surface area contributed by atoms with Gasteiger partial charge in [0, 0.05) is 13.1 Å². The Morgan fingerprint density at radius 3 is 2.83 bits per heavy atom. The Morgan fingerprint density at radius 1 is 1.33 bits per heavy atom. The van der Waals surface area contributed by atoms with Crippen LogP contribution in [0.3, 0.4) is 0 Å². The molecule has 1 aliphatic heterocycles. The number of aryl methyl sites for hydroxylation is 1. The lowest BCUT2D eigenvalue weighted by molar-refractivity contribution is 0.153. The second-order valence-electron chi connectivity index (χ2n) is 5.64. The summed E-state index contributed by atoms with van der Waals surface area (Å²) in [5.74, 6) is 0.620. The van der Waals surface area contributed by atoms with Gasteiger partial charge in [0.15, 0.2) is 5.96 Å². The van der Waals surface area contributed by atoms with Gasteiger partial charge in [-0.2, -0.15) is 0 Å². The Morgan fingerprint density at radius 2 is 2.17 bits per heavy atom. The number of hydrogen-bond donors (Lipinski definition) is 2. The molecule has 0 unspecified atom stereocenters. The van der Waals surface area contributed by atoms with Crippen LogP contribution in [0, 0.1) is 12.7 Å². The summed E-state index contributed by atoms with van der Waals surface area (Å²) in [7, 11) is 0. The highest BCUT2D eigenvalue weighted by Crippen LogP contribution is 2.11. The van der Waals surface area contributed by atoms with Crippen LogP contribution in [-0.2, 0) is 11.3 Å². The topological polar surface area (TPSA) is 45.7 Å². The zero-order valence-corrected chi connectivity index (χ0v) is 16.7. The Hall–Kier alpha value is -1.15. The molecular formula is C18H27FIN3O. The third kappa shape index (κ3) is 7.17. The Labute approximate surface area is 161 Å². The minimum absolute atomic E-state index is 0. The summed E-state index contributed by atoms with van der Waals surface area (Å²) in [4.78, 5) is 4.56. The molecule has 0 radical (unpaired) electrons. The van der Waals surface area contributed by atoms with Gasteiger partial charge in [0.25, 0.3) is 0 Å². The van der Waals surface area contributed by atoms with Gasteiger partial charge < -0.3 is 15.4 Å². The largest absolute Gasteiger partial charge is 0.377 e. The van der Waals surface area contributed by atoms with Gasteiger partial charge in [-0.3, -0.25) is 0 Å². The van der Waals surface area contributed by atoms with Crippen LogP contribution < -0.4 is 10.6 Å². The first kappa shape index (κ1) is 20.9. The third-order valence-corrected chi connectivity index (χ3v) is 3.78. The monoisotopic (exact) mass is 447 g/mol. The first-order chi connectivity index (χ1) is 11.2. The molecule has 0 atom stereocenters. The highest BCUT2D eigenvalue weighted by atomic mass is 127. The summed E-state index contributed by atoms with van der Waals surface area (Å²) in [6.45, 7) is 7.56. The van der Waals surface area contributed by atoms with Crippen molar-refractivity contribution < 1.29 is 9.13 Å². The van der Waals surface area contributed by atoms with Crippen LogP contribution in [0.25, 0.3) is 0 Å². The van der Waals surface area contributed by atoms with E-state index in [4.69, 9.17) is 4.74 Å². The molecule has 1 aliphatic rings. The Balaban J connectivity index is 0.00000288. The molecule has 0 spiro atoms. The van der Waals surface area contributed by atoms with Gasteiger partial charge in [-0.1, -0.05) is 23.8 Å². The molecular weight excluding hydrogens is 420 g/mol. The zero-order chi connectivity index (χ0) is 16.5. The summed E-state index contributed by atoms with van der Waals surface area (Å²) >= 11 is 0. The molecule has 2 N–H and O–H groups in total. The molecule has 0 saturated heterocycles. The summed E-state index contributed by atoms with van der Waals surface area (Å²) in [5, 5.41) is 6.58. The van der Waals surface area contributed by atoms with Crippen LogP contribution in [0.5, 0.6) is 0 Å². The number of aliphatic imine (C=N–C) groups is 1. The minimum atomic E-state index is -0.174. The predicted molar refractivity (Wildman–Crippen MR) is 108 cm³/mol. The lowest BCUT2D eigenvalue weighted by Gasteiger charge is -2.15. The van der Waals surface area contributed by atoms with Crippen molar-refractivity contribution in [2.75, 3.05) is 26.3 Å². The van der Waals surface area contributed by atoms with Crippen molar-refractivity contribution >= 4 is 29.9 Å². The second kappa shape index (κ2) is 11.4. The van der Waals surface area contributed by atoms with Crippen LogP contribution in [0.4, 0.5) is 4.39 Å². The number of benzene rings is 1. The maximum Gasteiger partial charge on any atom is 0.191 e. The van der Waals surface area contributed by atoms with Gasteiger partial charge in [0.1, 0.15) is 5.82 Å². The quantitative estimate of drug-likeness (QED) is 0.304. The fourth-order valence-electron chi connectivity index (χ4n) is 2.45. The fraction of sp³-hybridized carbons (Fsp3) is 0.500. The van der Waals surface area contributed by atoms with E-state index < -0.39 is 0 Å². The summed E-state index contributed by atoms with van der Waals surface area (Å²) in [5.41, 5.74) is 3.10. The van der Waals surface area contributed by atoms with Gasteiger partial charge in [-0.05, 0) is 43.9 Å². The second-order valence-corrected chi connectivity index (χ2v) is 5.64. The van der Waals surface area contributed by atoms with E-state index in [0.717, 1.165) is 50.7 Å². The highest BCUT2D eigenvalue weighted by molar-refractivity contribution is 14.0. The maximum absolute atomic E-state index is 13.3. The molecule has 0 bridgehead atoms. The van der Waals surface area contributed by atoms with E-state index in [2.05, 4.69) is 21.7 Å². The van der Waals surface area contributed by atoms with E-state index in [1.165, 1.54) is 11.6 Å². The molecule has 0 aliphatic carbocycles. The van der Waals surface area contributed by atoms with Gasteiger partial charge in [0.2, 0.25) is 0 Å². The zero-order valence-electron chi connectivity index (χ0n) is 14.4. The maximum atomic E-state index is 13.3. The number of ether oxygens (including phenoxy) is 1. The van der Waals surface area contributed by atoms with Gasteiger partial charge >= 0.3 is 0 Å². The Bertz CT molecular complexity index is 575. The van der Waals surface area contributed by atoms with Gasteiger partial charge in [-0.15, -0.1) is 24.0 Å². The van der Waals surface area contributed by atoms with Crippen LogP contribution in [-0.4, -0.2) is 32.3 Å². The summed E-state index contributed by atoms with van der Waals surface area (Å²) in [6, 6.07) is 5.12. The van der Waals surface area contributed by atoms with E-state index in [1.54, 1.807) is 13.0 Å². The van der Waals surface area contributed by atoms with Crippen LogP contribution in [0.2, 0.25) is 0 Å². The van der Waals surface area contributed by atoms with Crippen molar-refractivity contribution in [1.29, 1.82) is 0 Å². The molecule has 1 heterocycles. The van der Waals surface area contributed by atoms with Gasteiger partial charge in [0.05, 0.1) is 19.8 Å². The standard InChI is InChI=1S/C18H26FN3O.HI/c1-3-20-18(21-9-6-15-7-10-23-11-8-15)22-13-16-4-5-17(19)14(2)12-16;/h4-5,7,12H,3,6,8-11,13H2,1-2H3,(H2,20,21,22);1H. The van der Waals surface area contributed by atoms with Crippen molar-refractivity contribution in [1.82, 2.24) is 10.6 Å². The predicted octanol–water partition coefficient (Wildman–Crippen LogP) is 3.54. The average molecular weight is 447 g/mol. The molecule has 0 amide bonds. The summed E-state index contributed by atoms with van der Waals surface area (Å²) in [6.07, 6.45) is 4.18. The molecule has 1 aromatic rings. The molecule has 1 aromatic carbocycles. The number of nitrogens with zero attached hydrogens (tertiary/aromatic N) is 1.